The number of anilines is 1. The molecule has 0 aliphatic carbocycles. The summed E-state index contributed by atoms with van der Waals surface area (Å²) in [6.45, 7) is 3.60. The molecule has 1 aliphatic rings. The maximum atomic E-state index is 12.8. The largest absolute Gasteiger partial charge is 0.480 e. The SMILES string of the molecule is Cc1cccnc1-c1cc(C(=O)Nc2nc(Cl)c3n(c2=O)[C@H](C(=O)O)C[C@H]3C)on1. The van der Waals surface area contributed by atoms with Gasteiger partial charge in [0.25, 0.3) is 11.5 Å². The molecular weight excluding hydrogens is 414 g/mol. The van der Waals surface area contributed by atoms with Gasteiger partial charge in [-0.25, -0.2) is 9.78 Å². The van der Waals surface area contributed by atoms with Crippen molar-refractivity contribution in [3.8, 4) is 11.4 Å². The lowest BCUT2D eigenvalue weighted by Crippen LogP contribution is -2.32. The highest BCUT2D eigenvalue weighted by Gasteiger charge is 2.37. The maximum absolute atomic E-state index is 12.8. The van der Waals surface area contributed by atoms with Gasteiger partial charge in [-0.2, -0.15) is 0 Å². The molecule has 0 radical (unpaired) electrons. The quantitative estimate of drug-likeness (QED) is 0.644. The Labute approximate surface area is 174 Å². The Balaban J connectivity index is 1.66. The minimum atomic E-state index is -1.16. The molecule has 11 heteroatoms. The summed E-state index contributed by atoms with van der Waals surface area (Å²) in [5.41, 5.74) is 1.34. The van der Waals surface area contributed by atoms with Crippen LogP contribution in [0.4, 0.5) is 5.82 Å². The van der Waals surface area contributed by atoms with E-state index in [1.54, 1.807) is 19.2 Å². The Kier molecular flexibility index (Phi) is 4.86. The van der Waals surface area contributed by atoms with E-state index >= 15 is 0 Å². The van der Waals surface area contributed by atoms with Crippen LogP contribution in [0.15, 0.2) is 33.7 Å². The summed E-state index contributed by atoms with van der Waals surface area (Å²) in [4.78, 5) is 45.1. The van der Waals surface area contributed by atoms with Gasteiger partial charge in [0.15, 0.2) is 5.15 Å². The second-order valence-corrected chi connectivity index (χ2v) is 7.36. The molecule has 0 fully saturated rings. The lowest BCUT2D eigenvalue weighted by atomic mass is 10.1. The zero-order valence-corrected chi connectivity index (χ0v) is 16.7. The van der Waals surface area contributed by atoms with Crippen LogP contribution in [0.3, 0.4) is 0 Å². The van der Waals surface area contributed by atoms with Gasteiger partial charge < -0.3 is 9.63 Å². The fraction of sp³-hybridized carbons (Fsp3) is 0.263. The van der Waals surface area contributed by atoms with Crippen LogP contribution in [0.1, 0.15) is 47.1 Å². The van der Waals surface area contributed by atoms with Crippen LogP contribution in [0.2, 0.25) is 5.15 Å². The van der Waals surface area contributed by atoms with E-state index in [2.05, 4.69) is 20.4 Å². The van der Waals surface area contributed by atoms with Crippen molar-refractivity contribution in [2.45, 2.75) is 32.2 Å². The average Bonchev–Trinajstić information content (AvgIpc) is 3.31. The van der Waals surface area contributed by atoms with Crippen molar-refractivity contribution < 1.29 is 19.2 Å². The van der Waals surface area contributed by atoms with Crippen LogP contribution < -0.4 is 10.9 Å². The average molecular weight is 430 g/mol. The van der Waals surface area contributed by atoms with Gasteiger partial charge in [-0.15, -0.1) is 0 Å². The molecule has 0 aromatic carbocycles. The van der Waals surface area contributed by atoms with E-state index in [-0.39, 0.29) is 29.1 Å². The topological polar surface area (TPSA) is 140 Å². The van der Waals surface area contributed by atoms with Gasteiger partial charge >= 0.3 is 5.97 Å². The summed E-state index contributed by atoms with van der Waals surface area (Å²) in [5.74, 6) is -2.75. The van der Waals surface area contributed by atoms with Crippen molar-refractivity contribution in [1.82, 2.24) is 19.7 Å². The fourth-order valence-electron chi connectivity index (χ4n) is 3.54. The van der Waals surface area contributed by atoms with E-state index in [9.17, 15) is 19.5 Å². The summed E-state index contributed by atoms with van der Waals surface area (Å²) < 4.78 is 6.15. The highest BCUT2D eigenvalue weighted by atomic mass is 35.5. The van der Waals surface area contributed by atoms with Gasteiger partial charge in [-0.05, 0) is 25.0 Å². The number of carbonyl (C=O) groups is 2. The molecule has 0 saturated carbocycles. The molecule has 4 heterocycles. The number of carboxylic acid groups (broad SMARTS) is 1. The number of pyridine rings is 1. The predicted molar refractivity (Wildman–Crippen MR) is 106 cm³/mol. The number of carbonyl (C=O) groups excluding carboxylic acids is 1. The second-order valence-electron chi connectivity index (χ2n) is 7.00. The number of aliphatic carboxylic acids is 1. The van der Waals surface area contributed by atoms with E-state index in [0.717, 1.165) is 10.1 Å². The molecule has 1 aliphatic heterocycles. The van der Waals surface area contributed by atoms with Crippen LogP contribution >= 0.6 is 11.6 Å². The molecule has 30 heavy (non-hydrogen) atoms. The Morgan fingerprint density at radius 3 is 2.87 bits per heavy atom. The third-order valence-corrected chi connectivity index (χ3v) is 5.24. The Morgan fingerprint density at radius 1 is 1.40 bits per heavy atom. The first kappa shape index (κ1) is 19.8. The minimum Gasteiger partial charge on any atom is -0.480 e. The Morgan fingerprint density at radius 2 is 2.17 bits per heavy atom. The zero-order valence-electron chi connectivity index (χ0n) is 15.9. The zero-order chi connectivity index (χ0) is 21.6. The first-order valence-corrected chi connectivity index (χ1v) is 9.40. The fourth-order valence-corrected chi connectivity index (χ4v) is 3.90. The molecule has 0 spiro atoms. The van der Waals surface area contributed by atoms with Crippen LogP contribution in [-0.4, -0.2) is 36.7 Å². The minimum absolute atomic E-state index is 0.0384. The first-order chi connectivity index (χ1) is 14.3. The van der Waals surface area contributed by atoms with Crippen LogP contribution in [0.25, 0.3) is 11.4 Å². The summed E-state index contributed by atoms with van der Waals surface area (Å²) in [7, 11) is 0. The molecule has 154 valence electrons. The second kappa shape index (κ2) is 7.38. The number of amides is 1. The highest BCUT2D eigenvalue weighted by Crippen LogP contribution is 2.38. The number of halogens is 1. The number of fused-ring (bicyclic) bond motifs is 1. The summed E-state index contributed by atoms with van der Waals surface area (Å²) >= 11 is 6.18. The first-order valence-electron chi connectivity index (χ1n) is 9.02. The molecule has 1 amide bonds. The molecule has 4 rings (SSSR count). The van der Waals surface area contributed by atoms with E-state index in [1.807, 2.05) is 13.0 Å². The van der Waals surface area contributed by atoms with E-state index < -0.39 is 23.5 Å². The monoisotopic (exact) mass is 429 g/mol. The maximum Gasteiger partial charge on any atom is 0.326 e. The molecule has 2 atom stereocenters. The smallest absolute Gasteiger partial charge is 0.326 e. The number of nitrogens with zero attached hydrogens (tertiary/aromatic N) is 4. The van der Waals surface area contributed by atoms with Gasteiger partial charge in [0.1, 0.15) is 11.7 Å². The standard InChI is InChI=1S/C19H16ClN5O5/c1-8-4-3-5-21-13(8)10-7-12(30-24-10)17(26)23-16-18(27)25-11(19(28)29)6-9(2)14(25)15(20)22-16/h3-5,7,9,11H,6H2,1-2H3,(H,28,29)(H,22,23,26)/t9-,11+/m1/s1. The molecule has 2 N–H and O–H groups in total. The number of nitrogens with one attached hydrogen (secondary N) is 1. The Bertz CT molecular complexity index is 1230. The number of aromatic nitrogens is 4. The van der Waals surface area contributed by atoms with Gasteiger partial charge in [0.05, 0.1) is 11.4 Å². The van der Waals surface area contributed by atoms with Gasteiger partial charge in [-0.3, -0.25) is 24.5 Å². The summed E-state index contributed by atoms with van der Waals surface area (Å²) in [6, 6.07) is 3.92. The molecule has 3 aromatic heterocycles. The van der Waals surface area contributed by atoms with Crippen LogP contribution in [-0.2, 0) is 4.79 Å². The molecule has 10 nitrogen and oxygen atoms in total. The van der Waals surface area contributed by atoms with Crippen molar-refractivity contribution in [2.24, 2.45) is 0 Å². The Hall–Kier alpha value is -3.53. The summed E-state index contributed by atoms with van der Waals surface area (Å²) in [5, 5.41) is 15.6. The van der Waals surface area contributed by atoms with Gasteiger partial charge in [-0.1, -0.05) is 29.7 Å². The third-order valence-electron chi connectivity index (χ3n) is 4.96. The van der Waals surface area contributed by atoms with Gasteiger partial charge in [0.2, 0.25) is 11.6 Å². The molecule has 0 saturated heterocycles. The predicted octanol–water partition coefficient (Wildman–Crippen LogP) is 2.64. The van der Waals surface area contributed by atoms with Crippen molar-refractivity contribution in [2.75, 3.05) is 5.32 Å². The number of aryl methyl sites for hydroxylation is 1. The number of hydrogen-bond donors (Lipinski definition) is 2. The molecule has 0 unspecified atom stereocenters. The van der Waals surface area contributed by atoms with E-state index in [0.29, 0.717) is 17.1 Å². The van der Waals surface area contributed by atoms with Crippen LogP contribution in [0, 0.1) is 6.92 Å². The molecular formula is C19H16ClN5O5. The van der Waals surface area contributed by atoms with Crippen LogP contribution in [0.5, 0.6) is 0 Å². The van der Waals surface area contributed by atoms with Crippen molar-refractivity contribution >= 4 is 29.3 Å². The third kappa shape index (κ3) is 3.24. The van der Waals surface area contributed by atoms with E-state index in [1.165, 1.54) is 6.07 Å². The normalized spacial score (nSPS) is 17.6. The number of rotatable bonds is 4. The van der Waals surface area contributed by atoms with Crippen molar-refractivity contribution in [3.63, 3.8) is 0 Å². The van der Waals surface area contributed by atoms with Crippen molar-refractivity contribution in [3.05, 3.63) is 56.9 Å². The van der Waals surface area contributed by atoms with Crippen molar-refractivity contribution in [1.29, 1.82) is 0 Å². The van der Waals surface area contributed by atoms with E-state index in [4.69, 9.17) is 16.1 Å². The summed E-state index contributed by atoms with van der Waals surface area (Å²) in [6.07, 6.45) is 1.80. The number of carboxylic acids is 1. The number of hydrogen-bond acceptors (Lipinski definition) is 7. The van der Waals surface area contributed by atoms with Gasteiger partial charge in [0, 0.05) is 18.2 Å². The molecule has 3 aromatic rings. The lowest BCUT2D eigenvalue weighted by molar-refractivity contribution is -0.140. The highest BCUT2D eigenvalue weighted by molar-refractivity contribution is 6.30. The lowest BCUT2D eigenvalue weighted by Gasteiger charge is -2.12. The molecule has 0 bridgehead atoms.